The van der Waals surface area contributed by atoms with Crippen LogP contribution in [0.2, 0.25) is 9.49 Å². The van der Waals surface area contributed by atoms with Gasteiger partial charge in [-0.25, -0.2) is 0 Å². The van der Waals surface area contributed by atoms with E-state index in [1.807, 2.05) is 0 Å². The minimum atomic E-state index is 0.468. The first kappa shape index (κ1) is 5.35. The minimum Gasteiger partial charge on any atom is -0.179 e. The van der Waals surface area contributed by atoms with Crippen LogP contribution < -0.4 is 0 Å². The van der Waals surface area contributed by atoms with Gasteiger partial charge < -0.3 is 0 Å². The lowest BCUT2D eigenvalue weighted by Crippen LogP contribution is -1.46. The second-order valence-corrected chi connectivity index (χ2v) is 2.78. The van der Waals surface area contributed by atoms with E-state index in [9.17, 15) is 0 Å². The Kier molecular flexibility index (Phi) is 1.52. The Bertz CT molecular complexity index is 145. The largest absolute Gasteiger partial charge is 0.179 e. The Morgan fingerprint density at radius 2 is 2.29 bits per heavy atom. The molecular formula is C3HCl2NS. The van der Waals surface area contributed by atoms with Gasteiger partial charge in [0.1, 0.15) is 9.49 Å². The van der Waals surface area contributed by atoms with Gasteiger partial charge in [-0.15, -0.1) is 0 Å². The van der Waals surface area contributed by atoms with Gasteiger partial charge in [0.15, 0.2) is 0 Å². The maximum atomic E-state index is 5.43. The van der Waals surface area contributed by atoms with Crippen molar-refractivity contribution in [2.45, 2.75) is 0 Å². The zero-order valence-electron chi connectivity index (χ0n) is 3.19. The fourth-order valence-electron chi connectivity index (χ4n) is 0.234. The number of aromatic nitrogens is 1. The zero-order chi connectivity index (χ0) is 5.28. The van der Waals surface area contributed by atoms with Crippen LogP contribution in [0.4, 0.5) is 0 Å². The quantitative estimate of drug-likeness (QED) is 0.559. The Morgan fingerprint density at radius 1 is 1.57 bits per heavy atom. The molecule has 0 aliphatic heterocycles. The molecule has 0 saturated carbocycles. The molecule has 0 spiro atoms. The highest BCUT2D eigenvalue weighted by molar-refractivity contribution is 7.10. The highest BCUT2D eigenvalue weighted by Gasteiger charge is 1.91. The number of hydrogen-bond donors (Lipinski definition) is 0. The van der Waals surface area contributed by atoms with Crippen LogP contribution in [0.15, 0.2) is 6.07 Å². The zero-order valence-corrected chi connectivity index (χ0v) is 5.52. The average Bonchev–Trinajstić information content (AvgIpc) is 1.87. The van der Waals surface area contributed by atoms with Crippen LogP contribution in [0, 0.1) is 0 Å². The fraction of sp³-hybridized carbons (Fsp3) is 0. The highest BCUT2D eigenvalue weighted by Crippen LogP contribution is 2.18. The molecule has 0 bridgehead atoms. The highest BCUT2D eigenvalue weighted by atomic mass is 35.5. The number of hydrogen-bond acceptors (Lipinski definition) is 2. The number of halogens is 2. The summed E-state index contributed by atoms with van der Waals surface area (Å²) in [5.41, 5.74) is 0. The smallest absolute Gasteiger partial charge is 0.144 e. The summed E-state index contributed by atoms with van der Waals surface area (Å²) in [4.78, 5) is 0. The molecule has 0 atom stereocenters. The summed E-state index contributed by atoms with van der Waals surface area (Å²) in [6.45, 7) is 0. The first-order valence-corrected chi connectivity index (χ1v) is 3.09. The van der Waals surface area contributed by atoms with E-state index < -0.39 is 0 Å². The number of rotatable bonds is 0. The Labute approximate surface area is 55.0 Å². The minimum absolute atomic E-state index is 0.468. The summed E-state index contributed by atoms with van der Waals surface area (Å²) < 4.78 is 4.32. The standard InChI is InChI=1S/C3HCl2NS/c4-2-1-3(5)7-6-2/h1H. The molecule has 1 aromatic rings. The molecule has 1 aromatic heterocycles. The molecular weight excluding hydrogens is 153 g/mol. The monoisotopic (exact) mass is 153 g/mol. The van der Waals surface area contributed by atoms with E-state index in [4.69, 9.17) is 23.2 Å². The van der Waals surface area contributed by atoms with E-state index >= 15 is 0 Å². The molecule has 1 nitrogen and oxygen atoms in total. The van der Waals surface area contributed by atoms with Gasteiger partial charge in [-0.2, -0.15) is 4.37 Å². The molecule has 1 rings (SSSR count). The van der Waals surface area contributed by atoms with Crippen LogP contribution in [0.5, 0.6) is 0 Å². The lowest BCUT2D eigenvalue weighted by atomic mass is 10.8. The molecule has 0 saturated heterocycles. The summed E-state index contributed by atoms with van der Waals surface area (Å²) in [6.07, 6.45) is 0. The van der Waals surface area contributed by atoms with Gasteiger partial charge in [-0.1, -0.05) is 23.2 Å². The van der Waals surface area contributed by atoms with Gasteiger partial charge in [0, 0.05) is 6.07 Å². The molecule has 0 N–H and O–H groups in total. The van der Waals surface area contributed by atoms with Crippen molar-refractivity contribution in [1.29, 1.82) is 0 Å². The van der Waals surface area contributed by atoms with Crippen molar-refractivity contribution in [2.24, 2.45) is 0 Å². The van der Waals surface area contributed by atoms with Crippen molar-refractivity contribution < 1.29 is 0 Å². The van der Waals surface area contributed by atoms with Crippen LogP contribution in [-0.4, -0.2) is 4.37 Å². The third-order valence-corrected chi connectivity index (χ3v) is 1.64. The summed E-state index contributed by atoms with van der Waals surface area (Å²) in [6, 6.07) is 1.60. The predicted octanol–water partition coefficient (Wildman–Crippen LogP) is 2.45. The lowest BCUT2D eigenvalue weighted by Gasteiger charge is -1.62. The maximum absolute atomic E-state index is 5.43. The van der Waals surface area contributed by atoms with E-state index in [1.165, 1.54) is 11.5 Å². The second-order valence-electron chi connectivity index (χ2n) is 0.954. The second kappa shape index (κ2) is 1.99. The third-order valence-electron chi connectivity index (χ3n) is 0.453. The SMILES string of the molecule is Clc1cc(Cl)sn1. The van der Waals surface area contributed by atoms with Crippen LogP contribution in [0.1, 0.15) is 0 Å². The van der Waals surface area contributed by atoms with Crippen LogP contribution in [0.25, 0.3) is 0 Å². The fourth-order valence-corrected chi connectivity index (χ4v) is 1.17. The van der Waals surface area contributed by atoms with Gasteiger partial charge in [-0.3, -0.25) is 0 Å². The number of nitrogens with zero attached hydrogens (tertiary/aromatic N) is 1. The summed E-state index contributed by atoms with van der Waals surface area (Å²) in [5.74, 6) is 0. The first-order chi connectivity index (χ1) is 3.29. The molecule has 0 radical (unpaired) electrons. The van der Waals surface area contributed by atoms with E-state index in [0.29, 0.717) is 9.49 Å². The summed E-state index contributed by atoms with van der Waals surface area (Å²) in [7, 11) is 0. The molecule has 0 aliphatic rings. The van der Waals surface area contributed by atoms with Crippen molar-refractivity contribution >= 4 is 34.7 Å². The molecule has 0 amide bonds. The molecule has 0 aromatic carbocycles. The summed E-state index contributed by atoms with van der Waals surface area (Å²) in [5, 5.41) is 0.468. The van der Waals surface area contributed by atoms with E-state index in [0.717, 1.165) is 0 Å². The van der Waals surface area contributed by atoms with Crippen molar-refractivity contribution in [2.75, 3.05) is 0 Å². The van der Waals surface area contributed by atoms with Gasteiger partial charge in [0.05, 0.1) is 0 Å². The van der Waals surface area contributed by atoms with Gasteiger partial charge in [0.25, 0.3) is 0 Å². The van der Waals surface area contributed by atoms with E-state index in [1.54, 1.807) is 6.07 Å². The maximum Gasteiger partial charge on any atom is 0.144 e. The van der Waals surface area contributed by atoms with Crippen molar-refractivity contribution in [3.8, 4) is 0 Å². The van der Waals surface area contributed by atoms with Crippen LogP contribution in [-0.2, 0) is 0 Å². The molecule has 0 aliphatic carbocycles. The van der Waals surface area contributed by atoms with Crippen molar-refractivity contribution in [3.05, 3.63) is 15.6 Å². The predicted molar refractivity (Wildman–Crippen MR) is 32.1 cm³/mol. The Balaban J connectivity index is 3.04. The van der Waals surface area contributed by atoms with Gasteiger partial charge >= 0.3 is 0 Å². The molecule has 38 valence electrons. The Hall–Kier alpha value is 0.210. The first-order valence-electron chi connectivity index (χ1n) is 1.57. The molecule has 0 unspecified atom stereocenters. The third kappa shape index (κ3) is 1.30. The van der Waals surface area contributed by atoms with Crippen LogP contribution >= 0.6 is 34.7 Å². The Morgan fingerprint density at radius 3 is 2.43 bits per heavy atom. The normalized spacial score (nSPS) is 9.43. The molecule has 7 heavy (non-hydrogen) atoms. The molecule has 4 heteroatoms. The topological polar surface area (TPSA) is 12.9 Å². The van der Waals surface area contributed by atoms with Gasteiger partial charge in [0.2, 0.25) is 0 Å². The van der Waals surface area contributed by atoms with Crippen LogP contribution in [0.3, 0.4) is 0 Å². The van der Waals surface area contributed by atoms with Crippen molar-refractivity contribution in [1.82, 2.24) is 4.37 Å². The molecule has 0 fully saturated rings. The van der Waals surface area contributed by atoms with Crippen molar-refractivity contribution in [3.63, 3.8) is 0 Å². The van der Waals surface area contributed by atoms with E-state index in [2.05, 4.69) is 4.37 Å². The lowest BCUT2D eigenvalue weighted by molar-refractivity contribution is 1.58. The van der Waals surface area contributed by atoms with E-state index in [-0.39, 0.29) is 0 Å². The average molecular weight is 154 g/mol. The van der Waals surface area contributed by atoms with Gasteiger partial charge in [-0.05, 0) is 11.5 Å². The molecule has 1 heterocycles. The summed E-state index contributed by atoms with van der Waals surface area (Å²) >= 11 is 12.0.